The molecule has 0 radical (unpaired) electrons. The molecule has 3 N–H and O–H groups in total. The van der Waals surface area contributed by atoms with Gasteiger partial charge in [-0.25, -0.2) is 0 Å². The van der Waals surface area contributed by atoms with Gasteiger partial charge in [0.05, 0.1) is 7.11 Å². The van der Waals surface area contributed by atoms with E-state index in [9.17, 15) is 4.79 Å². The molecule has 0 aromatic heterocycles. The molecule has 1 atom stereocenters. The number of amides is 1. The molecule has 2 aromatic rings. The summed E-state index contributed by atoms with van der Waals surface area (Å²) in [6, 6.07) is 15.3. The average molecular weight is 284 g/mol. The van der Waals surface area contributed by atoms with Crippen molar-refractivity contribution in [2.75, 3.05) is 7.11 Å². The molecule has 0 spiro atoms. The van der Waals surface area contributed by atoms with Crippen LogP contribution in [-0.2, 0) is 6.54 Å². The van der Waals surface area contributed by atoms with Crippen LogP contribution in [0.5, 0.6) is 5.75 Å². The van der Waals surface area contributed by atoms with Gasteiger partial charge in [-0.05, 0) is 24.6 Å². The molecular weight excluding hydrogens is 264 g/mol. The Kier molecular flexibility index (Phi) is 4.95. The van der Waals surface area contributed by atoms with Crippen molar-refractivity contribution in [3.8, 4) is 5.75 Å². The molecule has 0 aliphatic carbocycles. The van der Waals surface area contributed by atoms with E-state index in [4.69, 9.17) is 10.5 Å². The Balaban J connectivity index is 2.11. The maximum Gasteiger partial charge on any atom is 0.249 e. The topological polar surface area (TPSA) is 64.3 Å². The number of carbonyl (C=O) groups excluding carboxylic acids is 1. The van der Waals surface area contributed by atoms with Gasteiger partial charge in [-0.15, -0.1) is 0 Å². The molecule has 0 fully saturated rings. The van der Waals surface area contributed by atoms with Crippen LogP contribution in [0.3, 0.4) is 0 Å². The monoisotopic (exact) mass is 284 g/mol. The zero-order valence-corrected chi connectivity index (χ0v) is 12.3. The van der Waals surface area contributed by atoms with E-state index >= 15 is 0 Å². The Morgan fingerprint density at radius 3 is 2.57 bits per heavy atom. The molecule has 0 saturated heterocycles. The van der Waals surface area contributed by atoms with Crippen molar-refractivity contribution in [2.24, 2.45) is 5.73 Å². The number of benzene rings is 2. The van der Waals surface area contributed by atoms with E-state index < -0.39 is 5.91 Å². The van der Waals surface area contributed by atoms with Gasteiger partial charge in [0, 0.05) is 23.7 Å². The second-order valence-corrected chi connectivity index (χ2v) is 4.87. The highest BCUT2D eigenvalue weighted by atomic mass is 16.5. The highest BCUT2D eigenvalue weighted by molar-refractivity contribution is 5.94. The van der Waals surface area contributed by atoms with E-state index in [-0.39, 0.29) is 6.04 Å². The Morgan fingerprint density at radius 2 is 1.86 bits per heavy atom. The third-order valence-electron chi connectivity index (χ3n) is 3.49. The van der Waals surface area contributed by atoms with Gasteiger partial charge in [0.1, 0.15) is 5.75 Å². The van der Waals surface area contributed by atoms with Gasteiger partial charge >= 0.3 is 0 Å². The van der Waals surface area contributed by atoms with E-state index in [1.165, 1.54) is 0 Å². The number of para-hydroxylation sites is 1. The van der Waals surface area contributed by atoms with Crippen molar-refractivity contribution in [3.05, 3.63) is 65.2 Å². The first kappa shape index (κ1) is 15.1. The fourth-order valence-electron chi connectivity index (χ4n) is 2.31. The highest BCUT2D eigenvalue weighted by Gasteiger charge is 2.12. The van der Waals surface area contributed by atoms with Crippen LogP contribution in [0.4, 0.5) is 0 Å². The van der Waals surface area contributed by atoms with Gasteiger partial charge < -0.3 is 15.8 Å². The van der Waals surface area contributed by atoms with E-state index in [0.29, 0.717) is 12.1 Å². The minimum Gasteiger partial charge on any atom is -0.496 e. The molecule has 2 rings (SSSR count). The highest BCUT2D eigenvalue weighted by Crippen LogP contribution is 2.24. The van der Waals surface area contributed by atoms with Gasteiger partial charge in [0.25, 0.3) is 0 Å². The van der Waals surface area contributed by atoms with E-state index in [1.807, 2.05) is 42.5 Å². The minimum atomic E-state index is -0.405. The lowest BCUT2D eigenvalue weighted by atomic mass is 10.0. The summed E-state index contributed by atoms with van der Waals surface area (Å²) < 4.78 is 5.37. The molecule has 4 nitrogen and oxygen atoms in total. The number of hydrogen-bond donors (Lipinski definition) is 2. The van der Waals surface area contributed by atoms with Gasteiger partial charge in [-0.2, -0.15) is 0 Å². The van der Waals surface area contributed by atoms with Crippen LogP contribution in [0.15, 0.2) is 48.5 Å². The van der Waals surface area contributed by atoms with Crippen molar-refractivity contribution in [1.82, 2.24) is 5.32 Å². The van der Waals surface area contributed by atoms with Gasteiger partial charge in [-0.1, -0.05) is 36.4 Å². The van der Waals surface area contributed by atoms with Crippen LogP contribution in [0.25, 0.3) is 0 Å². The average Bonchev–Trinajstić information content (AvgIpc) is 2.52. The zero-order valence-electron chi connectivity index (χ0n) is 12.3. The molecule has 0 bridgehead atoms. The number of nitrogens with two attached hydrogens (primary N) is 1. The van der Waals surface area contributed by atoms with Gasteiger partial charge in [0.15, 0.2) is 0 Å². The first-order valence-corrected chi connectivity index (χ1v) is 6.87. The molecule has 0 aliphatic rings. The number of ether oxygens (including phenoxy) is 1. The smallest absolute Gasteiger partial charge is 0.249 e. The Morgan fingerprint density at radius 1 is 1.19 bits per heavy atom. The molecule has 4 heteroatoms. The second kappa shape index (κ2) is 6.90. The summed E-state index contributed by atoms with van der Waals surface area (Å²) >= 11 is 0. The number of hydrogen-bond acceptors (Lipinski definition) is 3. The third-order valence-corrected chi connectivity index (χ3v) is 3.49. The Bertz CT molecular complexity index is 626. The predicted octanol–water partition coefficient (Wildman–Crippen LogP) is 2.64. The van der Waals surface area contributed by atoms with E-state index in [0.717, 1.165) is 16.9 Å². The lowest BCUT2D eigenvalue weighted by molar-refractivity contribution is 0.0999. The van der Waals surface area contributed by atoms with Gasteiger partial charge in [0.2, 0.25) is 5.91 Å². The van der Waals surface area contributed by atoms with Crippen LogP contribution in [-0.4, -0.2) is 13.0 Å². The Hall–Kier alpha value is -2.33. The van der Waals surface area contributed by atoms with Crippen molar-refractivity contribution < 1.29 is 9.53 Å². The van der Waals surface area contributed by atoms with Crippen LogP contribution in [0, 0.1) is 0 Å². The number of primary amides is 1. The molecule has 2 aromatic carbocycles. The summed E-state index contributed by atoms with van der Waals surface area (Å²) in [5.74, 6) is 0.443. The first-order chi connectivity index (χ1) is 10.1. The maximum atomic E-state index is 11.4. The maximum absolute atomic E-state index is 11.4. The lowest BCUT2D eigenvalue weighted by Gasteiger charge is -2.18. The number of carbonyl (C=O) groups is 1. The third kappa shape index (κ3) is 3.61. The van der Waals surface area contributed by atoms with Crippen LogP contribution < -0.4 is 15.8 Å². The molecule has 0 unspecified atom stereocenters. The van der Waals surface area contributed by atoms with Crippen molar-refractivity contribution in [2.45, 2.75) is 19.5 Å². The molecule has 0 aliphatic heterocycles. The molecular formula is C17H20N2O2. The largest absolute Gasteiger partial charge is 0.496 e. The SMILES string of the molecule is COc1ccccc1[C@@H](C)NCc1ccccc1C(N)=O. The number of rotatable bonds is 6. The standard InChI is InChI=1S/C17H20N2O2/c1-12(14-8-5-6-10-16(14)21-2)19-11-13-7-3-4-9-15(13)17(18)20/h3-10,12,19H,11H2,1-2H3,(H2,18,20)/t12-/m1/s1. The first-order valence-electron chi connectivity index (χ1n) is 6.87. The second-order valence-electron chi connectivity index (χ2n) is 4.87. The number of nitrogens with one attached hydrogen (secondary N) is 1. The van der Waals surface area contributed by atoms with E-state index in [2.05, 4.69) is 12.2 Å². The van der Waals surface area contributed by atoms with Crippen LogP contribution in [0.2, 0.25) is 0 Å². The molecule has 0 heterocycles. The molecule has 110 valence electrons. The summed E-state index contributed by atoms with van der Waals surface area (Å²) in [4.78, 5) is 11.4. The summed E-state index contributed by atoms with van der Waals surface area (Å²) in [5.41, 5.74) is 7.92. The van der Waals surface area contributed by atoms with Gasteiger partial charge in [-0.3, -0.25) is 4.79 Å². The van der Waals surface area contributed by atoms with E-state index in [1.54, 1.807) is 13.2 Å². The zero-order chi connectivity index (χ0) is 15.2. The van der Waals surface area contributed by atoms with Crippen LogP contribution >= 0.6 is 0 Å². The summed E-state index contributed by atoms with van der Waals surface area (Å²) in [7, 11) is 1.66. The predicted molar refractivity (Wildman–Crippen MR) is 83.2 cm³/mol. The van der Waals surface area contributed by atoms with Crippen molar-refractivity contribution >= 4 is 5.91 Å². The quantitative estimate of drug-likeness (QED) is 0.857. The fraction of sp³-hybridized carbons (Fsp3) is 0.235. The fourth-order valence-corrected chi connectivity index (χ4v) is 2.31. The molecule has 21 heavy (non-hydrogen) atoms. The number of methoxy groups -OCH3 is 1. The summed E-state index contributed by atoms with van der Waals surface area (Å²) in [6.07, 6.45) is 0. The molecule has 0 saturated carbocycles. The summed E-state index contributed by atoms with van der Waals surface area (Å²) in [6.45, 7) is 2.63. The molecule has 1 amide bonds. The van der Waals surface area contributed by atoms with Crippen molar-refractivity contribution in [3.63, 3.8) is 0 Å². The summed E-state index contributed by atoms with van der Waals surface area (Å²) in [5, 5.41) is 3.40. The Labute approximate surface area is 124 Å². The van der Waals surface area contributed by atoms with Crippen LogP contribution in [0.1, 0.15) is 34.5 Å². The normalized spacial score (nSPS) is 11.9. The van der Waals surface area contributed by atoms with Crippen molar-refractivity contribution in [1.29, 1.82) is 0 Å². The lowest BCUT2D eigenvalue weighted by Crippen LogP contribution is -2.21. The minimum absolute atomic E-state index is 0.0992.